The Morgan fingerprint density at radius 1 is 1.19 bits per heavy atom. The Balaban J connectivity index is 2.38. The zero-order chi connectivity index (χ0) is 11.4. The first kappa shape index (κ1) is 11.7. The molecule has 16 heavy (non-hydrogen) atoms. The minimum atomic E-state index is 0.402. The maximum Gasteiger partial charge on any atom is 0.204 e. The topological polar surface area (TPSA) is 9.23 Å². The van der Waals surface area contributed by atoms with Gasteiger partial charge >= 0.3 is 0 Å². The third kappa shape index (κ3) is 2.03. The first-order chi connectivity index (χ1) is 7.82. The second-order valence-corrected chi connectivity index (χ2v) is 5.30. The first-order valence-electron chi connectivity index (χ1n) is 6.46. The molecule has 0 heterocycles. The molecule has 0 spiro atoms. The fourth-order valence-corrected chi connectivity index (χ4v) is 3.48. The summed E-state index contributed by atoms with van der Waals surface area (Å²) in [7, 11) is 0.786. The molecule has 0 radical (unpaired) electrons. The minimum absolute atomic E-state index is 0.402. The largest absolute Gasteiger partial charge is 0.553 e. The van der Waals surface area contributed by atoms with Crippen LogP contribution in [0.25, 0.3) is 0 Å². The van der Waals surface area contributed by atoms with Gasteiger partial charge in [0.1, 0.15) is 5.75 Å². The van der Waals surface area contributed by atoms with Crippen LogP contribution in [0, 0.1) is 0 Å². The molecular formula is C14H22OSi. The van der Waals surface area contributed by atoms with Gasteiger partial charge in [-0.15, -0.1) is 0 Å². The van der Waals surface area contributed by atoms with Crippen LogP contribution < -0.4 is 4.43 Å². The summed E-state index contributed by atoms with van der Waals surface area (Å²) in [4.78, 5) is 0. The van der Waals surface area contributed by atoms with Crippen molar-refractivity contribution in [2.24, 2.45) is 0 Å². The van der Waals surface area contributed by atoms with E-state index in [9.17, 15) is 0 Å². The van der Waals surface area contributed by atoms with Crippen molar-refractivity contribution in [3.63, 3.8) is 0 Å². The van der Waals surface area contributed by atoms with Gasteiger partial charge in [0, 0.05) is 0 Å². The minimum Gasteiger partial charge on any atom is -0.553 e. The fraction of sp³-hybridized carbons (Fsp3) is 0.571. The molecule has 1 saturated carbocycles. The van der Waals surface area contributed by atoms with E-state index >= 15 is 0 Å². The average molecular weight is 234 g/mol. The van der Waals surface area contributed by atoms with E-state index in [1.54, 1.807) is 0 Å². The summed E-state index contributed by atoms with van der Waals surface area (Å²) in [6.45, 7) is 2.33. The maximum atomic E-state index is 5.66. The van der Waals surface area contributed by atoms with Crippen molar-refractivity contribution in [2.45, 2.75) is 50.9 Å². The monoisotopic (exact) mass is 234 g/mol. The van der Waals surface area contributed by atoms with E-state index in [0.29, 0.717) is 5.41 Å². The first-order valence-corrected chi connectivity index (χ1v) is 7.27. The quantitative estimate of drug-likeness (QED) is 0.731. The molecule has 1 aliphatic rings. The molecule has 0 bridgehead atoms. The van der Waals surface area contributed by atoms with Crippen LogP contribution in [-0.2, 0) is 5.41 Å². The number of para-hydroxylation sites is 1. The van der Waals surface area contributed by atoms with Crippen LogP contribution >= 0.6 is 0 Å². The Bertz CT molecular complexity index is 342. The van der Waals surface area contributed by atoms with E-state index < -0.39 is 0 Å². The summed E-state index contributed by atoms with van der Waals surface area (Å²) in [6.07, 6.45) is 8.09. The number of rotatable bonds is 3. The van der Waals surface area contributed by atoms with Crippen LogP contribution in [-0.4, -0.2) is 10.5 Å². The fourth-order valence-electron chi connectivity index (χ4n) is 3.12. The van der Waals surface area contributed by atoms with Crippen molar-refractivity contribution >= 4 is 10.5 Å². The summed E-state index contributed by atoms with van der Waals surface area (Å²) in [6, 6.07) is 8.66. The lowest BCUT2D eigenvalue weighted by Crippen LogP contribution is -2.28. The Hall–Kier alpha value is -0.763. The van der Waals surface area contributed by atoms with Gasteiger partial charge < -0.3 is 4.43 Å². The van der Waals surface area contributed by atoms with E-state index in [1.165, 1.54) is 44.1 Å². The zero-order valence-corrected chi connectivity index (χ0v) is 12.5. The van der Waals surface area contributed by atoms with Crippen molar-refractivity contribution in [3.05, 3.63) is 29.8 Å². The lowest BCUT2D eigenvalue weighted by atomic mass is 9.67. The van der Waals surface area contributed by atoms with Crippen molar-refractivity contribution < 1.29 is 4.43 Å². The molecule has 1 fully saturated rings. The highest BCUT2D eigenvalue weighted by Crippen LogP contribution is 2.45. The molecule has 0 atom stereocenters. The zero-order valence-electron chi connectivity index (χ0n) is 10.5. The van der Waals surface area contributed by atoms with Gasteiger partial charge in [-0.05, 0) is 36.3 Å². The molecule has 1 nitrogen and oxygen atoms in total. The molecule has 0 aliphatic heterocycles. The van der Waals surface area contributed by atoms with Crippen LogP contribution in [0.1, 0.15) is 51.0 Å². The van der Waals surface area contributed by atoms with Crippen molar-refractivity contribution in [1.29, 1.82) is 0 Å². The summed E-state index contributed by atoms with van der Waals surface area (Å²) in [5.74, 6) is 1.14. The molecule has 0 aromatic heterocycles. The standard InChI is InChI=1S/C14H22OSi/c1-2-14(10-6-3-7-11-14)12-8-4-5-9-13(12)15-16/h4-5,8-9H,2-3,6-7,10-11H2,1,16H3. The average Bonchev–Trinajstić information content (AvgIpc) is 2.39. The maximum absolute atomic E-state index is 5.66. The van der Waals surface area contributed by atoms with Gasteiger partial charge in [-0.1, -0.05) is 44.4 Å². The number of hydrogen-bond acceptors (Lipinski definition) is 1. The van der Waals surface area contributed by atoms with E-state index in [-0.39, 0.29) is 0 Å². The Kier molecular flexibility index (Phi) is 3.69. The second kappa shape index (κ2) is 5.04. The molecular weight excluding hydrogens is 212 g/mol. The molecule has 2 rings (SSSR count). The predicted molar refractivity (Wildman–Crippen MR) is 72.1 cm³/mol. The van der Waals surface area contributed by atoms with Gasteiger partial charge in [-0.2, -0.15) is 0 Å². The molecule has 1 aromatic carbocycles. The second-order valence-electron chi connectivity index (χ2n) is 4.89. The van der Waals surface area contributed by atoms with E-state index in [2.05, 4.69) is 31.2 Å². The molecule has 2 heteroatoms. The SMILES string of the molecule is CCC1(c2ccccc2O[SiH3])CCCCC1. The Labute approximate surface area is 102 Å². The highest BCUT2D eigenvalue weighted by Gasteiger charge is 2.33. The van der Waals surface area contributed by atoms with Gasteiger partial charge in [0.2, 0.25) is 10.5 Å². The lowest BCUT2D eigenvalue weighted by molar-refractivity contribution is 0.279. The molecule has 0 amide bonds. The normalized spacial score (nSPS) is 19.6. The van der Waals surface area contributed by atoms with Gasteiger partial charge in [0.25, 0.3) is 0 Å². The number of hydrogen-bond donors (Lipinski definition) is 0. The van der Waals surface area contributed by atoms with Crippen molar-refractivity contribution in [1.82, 2.24) is 0 Å². The Morgan fingerprint density at radius 2 is 1.88 bits per heavy atom. The van der Waals surface area contributed by atoms with Gasteiger partial charge in [-0.25, -0.2) is 0 Å². The molecule has 0 saturated heterocycles. The van der Waals surface area contributed by atoms with Gasteiger partial charge in [-0.3, -0.25) is 0 Å². The molecule has 88 valence electrons. The molecule has 0 unspecified atom stereocenters. The summed E-state index contributed by atoms with van der Waals surface area (Å²) in [5.41, 5.74) is 1.87. The van der Waals surface area contributed by atoms with Crippen LogP contribution in [0.2, 0.25) is 0 Å². The van der Waals surface area contributed by atoms with E-state index in [1.807, 2.05) is 0 Å². The molecule has 0 N–H and O–H groups in total. The van der Waals surface area contributed by atoms with E-state index in [4.69, 9.17) is 4.43 Å². The highest BCUT2D eigenvalue weighted by atomic mass is 28.2. The van der Waals surface area contributed by atoms with Gasteiger partial charge in [0.15, 0.2) is 0 Å². The lowest BCUT2D eigenvalue weighted by Gasteiger charge is -2.38. The third-order valence-electron chi connectivity index (χ3n) is 4.17. The van der Waals surface area contributed by atoms with Crippen LogP contribution in [0.15, 0.2) is 24.3 Å². The van der Waals surface area contributed by atoms with Crippen LogP contribution in [0.4, 0.5) is 0 Å². The van der Waals surface area contributed by atoms with Crippen LogP contribution in [0.3, 0.4) is 0 Å². The van der Waals surface area contributed by atoms with Crippen molar-refractivity contribution in [2.75, 3.05) is 0 Å². The summed E-state index contributed by atoms with van der Waals surface area (Å²) in [5, 5.41) is 0. The van der Waals surface area contributed by atoms with Crippen LogP contribution in [0.5, 0.6) is 5.75 Å². The smallest absolute Gasteiger partial charge is 0.204 e. The summed E-state index contributed by atoms with van der Waals surface area (Å²) >= 11 is 0. The summed E-state index contributed by atoms with van der Waals surface area (Å²) < 4.78 is 5.66. The third-order valence-corrected chi connectivity index (χ3v) is 4.61. The highest BCUT2D eigenvalue weighted by molar-refractivity contribution is 6.00. The molecule has 1 aliphatic carbocycles. The Morgan fingerprint density at radius 3 is 2.50 bits per heavy atom. The van der Waals surface area contributed by atoms with Crippen molar-refractivity contribution in [3.8, 4) is 5.75 Å². The molecule has 1 aromatic rings. The number of benzene rings is 1. The van der Waals surface area contributed by atoms with E-state index in [0.717, 1.165) is 16.2 Å². The van der Waals surface area contributed by atoms with Gasteiger partial charge in [0.05, 0.1) is 0 Å². The predicted octanol–water partition coefficient (Wildman–Crippen LogP) is 2.96.